The number of hydrogen-bond donors (Lipinski definition) is 1. The summed E-state index contributed by atoms with van der Waals surface area (Å²) < 4.78 is 12.8. The number of primary amides is 1. The summed E-state index contributed by atoms with van der Waals surface area (Å²) >= 11 is 1.09. The van der Waals surface area contributed by atoms with Crippen LogP contribution in [-0.4, -0.2) is 16.9 Å². The van der Waals surface area contributed by atoms with E-state index in [1.54, 1.807) is 0 Å². The maximum Gasteiger partial charge on any atom is 0.323 e. The largest absolute Gasteiger partial charge is 0.351 e. The van der Waals surface area contributed by atoms with Crippen LogP contribution in [0.25, 0.3) is 0 Å². The van der Waals surface area contributed by atoms with Crippen molar-refractivity contribution in [2.75, 3.05) is 10.7 Å². The van der Waals surface area contributed by atoms with Gasteiger partial charge in [-0.2, -0.15) is 0 Å². The minimum atomic E-state index is -0.696. The van der Waals surface area contributed by atoms with Crippen molar-refractivity contribution in [2.24, 2.45) is 5.73 Å². The van der Waals surface area contributed by atoms with Crippen LogP contribution in [-0.2, 0) is 4.79 Å². The Labute approximate surface area is 101 Å². The van der Waals surface area contributed by atoms with Gasteiger partial charge in [0, 0.05) is 17.5 Å². The highest BCUT2D eigenvalue weighted by Gasteiger charge is 2.23. The van der Waals surface area contributed by atoms with E-state index in [1.165, 1.54) is 35.2 Å². The topological polar surface area (TPSA) is 63.4 Å². The summed E-state index contributed by atoms with van der Waals surface area (Å²) in [5.41, 5.74) is 6.22. The van der Waals surface area contributed by atoms with Crippen molar-refractivity contribution in [1.29, 1.82) is 0 Å². The molecule has 0 saturated heterocycles. The summed E-state index contributed by atoms with van der Waals surface area (Å²) in [4.78, 5) is 23.7. The third-order valence-corrected chi connectivity index (χ3v) is 3.08. The number of hydrogen-bond acceptors (Lipinski definition) is 3. The first-order chi connectivity index (χ1) is 8.08. The van der Waals surface area contributed by atoms with E-state index >= 15 is 0 Å². The highest BCUT2D eigenvalue weighted by molar-refractivity contribution is 8.14. The molecule has 0 radical (unpaired) electrons. The van der Waals surface area contributed by atoms with Gasteiger partial charge in [0.25, 0.3) is 0 Å². The molecule has 1 aromatic rings. The quantitative estimate of drug-likeness (QED) is 0.873. The minimum absolute atomic E-state index is 0.117. The number of rotatable bonds is 2. The van der Waals surface area contributed by atoms with E-state index in [4.69, 9.17) is 5.73 Å². The lowest BCUT2D eigenvalue weighted by Gasteiger charge is -2.20. The second-order valence-electron chi connectivity index (χ2n) is 3.39. The monoisotopic (exact) mass is 252 g/mol. The molecule has 0 fully saturated rings. The van der Waals surface area contributed by atoms with Gasteiger partial charge in [0.05, 0.1) is 5.69 Å². The molecular formula is C11H9FN2O2S. The lowest BCUT2D eigenvalue weighted by molar-refractivity contribution is -0.106. The van der Waals surface area contributed by atoms with Crippen molar-refractivity contribution in [3.05, 3.63) is 41.9 Å². The maximum atomic E-state index is 12.8. The van der Waals surface area contributed by atoms with E-state index in [9.17, 15) is 14.0 Å². The normalized spacial score (nSPS) is 14.6. The molecule has 4 nitrogen and oxygen atoms in total. The Balaban J connectivity index is 2.36. The molecule has 0 bridgehead atoms. The number of nitrogens with two attached hydrogens (primary N) is 1. The Bertz CT molecular complexity index is 499. The first-order valence-electron chi connectivity index (χ1n) is 4.80. The van der Waals surface area contributed by atoms with Crippen molar-refractivity contribution in [3.8, 4) is 0 Å². The smallest absolute Gasteiger partial charge is 0.323 e. The number of benzene rings is 1. The highest BCUT2D eigenvalue weighted by atomic mass is 32.2. The van der Waals surface area contributed by atoms with Crippen LogP contribution < -0.4 is 10.6 Å². The van der Waals surface area contributed by atoms with Gasteiger partial charge in [-0.05, 0) is 24.3 Å². The molecule has 1 aliphatic heterocycles. The van der Waals surface area contributed by atoms with Gasteiger partial charge in [-0.3, -0.25) is 9.69 Å². The van der Waals surface area contributed by atoms with Crippen LogP contribution in [0.1, 0.15) is 0 Å². The van der Waals surface area contributed by atoms with Crippen molar-refractivity contribution in [2.45, 2.75) is 0 Å². The molecule has 0 unspecified atom stereocenters. The van der Waals surface area contributed by atoms with Crippen LogP contribution >= 0.6 is 11.8 Å². The number of carbonyl (C=O) groups excluding carboxylic acids is 2. The maximum absolute atomic E-state index is 12.8. The van der Waals surface area contributed by atoms with Gasteiger partial charge in [-0.1, -0.05) is 11.8 Å². The Morgan fingerprint density at radius 1 is 1.35 bits per heavy atom. The van der Waals surface area contributed by atoms with Crippen molar-refractivity contribution < 1.29 is 14.0 Å². The van der Waals surface area contributed by atoms with E-state index in [1.807, 2.05) is 0 Å². The second-order valence-corrected chi connectivity index (χ2v) is 4.37. The summed E-state index contributed by atoms with van der Waals surface area (Å²) in [5, 5.41) is -0.117. The number of amides is 2. The molecule has 1 aliphatic rings. The van der Waals surface area contributed by atoms with E-state index in [2.05, 4.69) is 0 Å². The zero-order valence-corrected chi connectivity index (χ0v) is 9.54. The molecule has 0 spiro atoms. The molecule has 1 aromatic carbocycles. The van der Waals surface area contributed by atoms with E-state index < -0.39 is 11.8 Å². The number of urea groups is 1. The fourth-order valence-electron chi connectivity index (χ4n) is 1.52. The fraction of sp³-hybridized carbons (Fsp3) is 0.0909. The Hall–Kier alpha value is -1.82. The van der Waals surface area contributed by atoms with Crippen LogP contribution in [0.5, 0.6) is 0 Å². The Kier molecular flexibility index (Phi) is 3.14. The standard InChI is InChI=1S/C11H9FN2O2S/c12-7-1-3-8(4-2-7)14(11(13)16)9-5-10(15)17-6-9/h1-5H,6H2,(H2,13,16). The molecule has 0 atom stereocenters. The van der Waals surface area contributed by atoms with Gasteiger partial charge >= 0.3 is 6.03 Å². The summed E-state index contributed by atoms with van der Waals surface area (Å²) in [6, 6.07) is 4.65. The predicted octanol–water partition coefficient (Wildman–Crippen LogP) is 1.87. The van der Waals surface area contributed by atoms with E-state index in [0.29, 0.717) is 17.1 Å². The second kappa shape index (κ2) is 4.58. The van der Waals surface area contributed by atoms with Crippen LogP contribution in [0.4, 0.5) is 14.9 Å². The van der Waals surface area contributed by atoms with E-state index in [0.717, 1.165) is 11.8 Å². The minimum Gasteiger partial charge on any atom is -0.351 e. The van der Waals surface area contributed by atoms with Crippen LogP contribution in [0.3, 0.4) is 0 Å². The number of halogens is 1. The fourth-order valence-corrected chi connectivity index (χ4v) is 2.24. The summed E-state index contributed by atoms with van der Waals surface area (Å²) in [6.45, 7) is 0. The van der Waals surface area contributed by atoms with Gasteiger partial charge < -0.3 is 5.73 Å². The molecule has 1 heterocycles. The zero-order chi connectivity index (χ0) is 12.4. The molecule has 2 N–H and O–H groups in total. The zero-order valence-electron chi connectivity index (χ0n) is 8.72. The van der Waals surface area contributed by atoms with Crippen LogP contribution in [0, 0.1) is 5.82 Å². The first-order valence-corrected chi connectivity index (χ1v) is 5.79. The molecule has 0 aromatic heterocycles. The predicted molar refractivity (Wildman–Crippen MR) is 64.0 cm³/mol. The number of carbonyl (C=O) groups is 2. The van der Waals surface area contributed by atoms with Crippen LogP contribution in [0.15, 0.2) is 36.0 Å². The molecule has 0 aliphatic carbocycles. The number of anilines is 1. The summed E-state index contributed by atoms with van der Waals surface area (Å²) in [5.74, 6) is -0.0110. The average molecular weight is 252 g/mol. The Morgan fingerprint density at radius 3 is 2.47 bits per heavy atom. The van der Waals surface area contributed by atoms with Gasteiger partial charge in [-0.25, -0.2) is 9.18 Å². The van der Waals surface area contributed by atoms with Gasteiger partial charge in [0.1, 0.15) is 5.82 Å². The molecule has 6 heteroatoms. The van der Waals surface area contributed by atoms with Gasteiger partial charge in [0.15, 0.2) is 0 Å². The highest BCUT2D eigenvalue weighted by Crippen LogP contribution is 2.27. The summed E-state index contributed by atoms with van der Waals surface area (Å²) in [7, 11) is 0. The van der Waals surface area contributed by atoms with Crippen LogP contribution in [0.2, 0.25) is 0 Å². The molecule has 17 heavy (non-hydrogen) atoms. The SMILES string of the molecule is NC(=O)N(C1=CC(=O)SC1)c1ccc(F)cc1. The first kappa shape index (κ1) is 11.7. The van der Waals surface area contributed by atoms with Gasteiger partial charge in [-0.15, -0.1) is 0 Å². The molecule has 2 rings (SSSR count). The average Bonchev–Trinajstić information content (AvgIpc) is 2.68. The van der Waals surface area contributed by atoms with Crippen molar-refractivity contribution in [3.63, 3.8) is 0 Å². The third-order valence-electron chi connectivity index (χ3n) is 2.24. The van der Waals surface area contributed by atoms with Crippen molar-refractivity contribution >= 4 is 28.6 Å². The number of thioether (sulfide) groups is 1. The molecular weight excluding hydrogens is 243 g/mol. The van der Waals surface area contributed by atoms with Gasteiger partial charge in [0.2, 0.25) is 5.12 Å². The number of nitrogens with zero attached hydrogens (tertiary/aromatic N) is 1. The molecule has 0 saturated carbocycles. The molecule has 88 valence electrons. The lowest BCUT2D eigenvalue weighted by Crippen LogP contribution is -2.35. The summed E-state index contributed by atoms with van der Waals surface area (Å²) in [6.07, 6.45) is 1.36. The lowest BCUT2D eigenvalue weighted by atomic mass is 10.2. The Morgan fingerprint density at radius 2 is 2.00 bits per heavy atom. The van der Waals surface area contributed by atoms with Crippen molar-refractivity contribution in [1.82, 2.24) is 0 Å². The molecule has 2 amide bonds. The van der Waals surface area contributed by atoms with E-state index in [-0.39, 0.29) is 5.12 Å². The third kappa shape index (κ3) is 2.47.